The summed E-state index contributed by atoms with van der Waals surface area (Å²) < 4.78 is 6.39. The van der Waals surface area contributed by atoms with E-state index in [4.69, 9.17) is 27.7 Å². The van der Waals surface area contributed by atoms with Gasteiger partial charge in [0.05, 0.1) is 21.5 Å². The lowest BCUT2D eigenvalue weighted by Gasteiger charge is -2.17. The monoisotopic (exact) mass is 488 g/mol. The van der Waals surface area contributed by atoms with Gasteiger partial charge in [-0.1, -0.05) is 70.0 Å². The van der Waals surface area contributed by atoms with Gasteiger partial charge < -0.3 is 0 Å². The largest absolute Gasteiger partial charge is 0.302 e. The number of hydrogen-bond acceptors (Lipinski definition) is 6. The molecule has 32 heavy (non-hydrogen) atoms. The lowest BCUT2D eigenvalue weighted by atomic mass is 10.2. The molecule has 0 unspecified atom stereocenters. The molecule has 1 aromatic heterocycles. The summed E-state index contributed by atoms with van der Waals surface area (Å²) >= 11 is 13.5. The van der Waals surface area contributed by atoms with Gasteiger partial charge in [-0.25, -0.2) is 4.99 Å². The molecular formula is C21H16Cl2N5O3S+. The predicted molar refractivity (Wildman–Crippen MR) is 125 cm³/mol. The van der Waals surface area contributed by atoms with E-state index in [-0.39, 0.29) is 29.1 Å². The minimum atomic E-state index is -0.336. The highest BCUT2D eigenvalue weighted by Crippen LogP contribution is 2.32. The third-order valence-electron chi connectivity index (χ3n) is 4.28. The Kier molecular flexibility index (Phi) is 6.59. The van der Waals surface area contributed by atoms with Gasteiger partial charge in [0, 0.05) is 0 Å². The zero-order chi connectivity index (χ0) is 22.7. The number of benzene rings is 2. The summed E-state index contributed by atoms with van der Waals surface area (Å²) in [6.45, 7) is 0. The number of aryl methyl sites for hydroxylation is 1. The van der Waals surface area contributed by atoms with E-state index >= 15 is 0 Å². The van der Waals surface area contributed by atoms with Gasteiger partial charge in [-0.15, -0.1) is 0 Å². The highest BCUT2D eigenvalue weighted by atomic mass is 35.5. The van der Waals surface area contributed by atoms with Crippen LogP contribution < -0.4 is 14.9 Å². The van der Waals surface area contributed by atoms with E-state index in [1.165, 1.54) is 15.8 Å². The Balaban J connectivity index is 1.59. The lowest BCUT2D eigenvalue weighted by Crippen LogP contribution is -2.31. The number of rotatable bonds is 5. The lowest BCUT2D eigenvalue weighted by molar-refractivity contribution is -0.739. The molecule has 8 nitrogen and oxygen atoms in total. The van der Waals surface area contributed by atoms with Crippen LogP contribution in [0.4, 0.5) is 11.6 Å². The third-order valence-corrected chi connectivity index (χ3v) is 6.06. The van der Waals surface area contributed by atoms with Crippen LogP contribution in [0, 0.1) is 0 Å². The molecule has 0 spiro atoms. The number of carbonyl (C=O) groups excluding carboxylic acids is 2. The van der Waals surface area contributed by atoms with Crippen molar-refractivity contribution in [1.29, 1.82) is 0 Å². The van der Waals surface area contributed by atoms with Crippen LogP contribution in [0.2, 0.25) is 10.0 Å². The Morgan fingerprint density at radius 1 is 1.22 bits per heavy atom. The Morgan fingerprint density at radius 2 is 2.00 bits per heavy atom. The SMILES string of the molecule is C[n+]1cc(NC(=O)CSC2=N/C(=C/c3cccc(Cl)c3Cl)C(=O)N2c2ccccc2)on1. The molecule has 0 fully saturated rings. The molecule has 3 aromatic rings. The number of nitrogens with zero attached hydrogens (tertiary/aromatic N) is 4. The van der Waals surface area contributed by atoms with E-state index in [0.29, 0.717) is 26.5 Å². The smallest absolute Gasteiger partial charge is 0.288 e. The maximum Gasteiger partial charge on any atom is 0.302 e. The summed E-state index contributed by atoms with van der Waals surface area (Å²) in [6, 6.07) is 14.2. The van der Waals surface area contributed by atoms with Gasteiger partial charge in [-0.3, -0.25) is 24.3 Å². The van der Waals surface area contributed by atoms with Crippen LogP contribution in [0.15, 0.2) is 69.9 Å². The standard InChI is InChI=1S/C21H15Cl2N5O3S/c1-27-11-18(31-26-27)25-17(29)12-32-21-24-16(10-13-6-5-9-15(22)19(13)23)20(30)28(21)14-7-3-2-4-8-14/h2-11H,12H2,1H3/p+1/b16-10+. The fourth-order valence-electron chi connectivity index (χ4n) is 2.86. The first-order chi connectivity index (χ1) is 15.4. The molecule has 2 aromatic carbocycles. The molecule has 0 aliphatic carbocycles. The quantitative estimate of drug-likeness (QED) is 0.433. The topological polar surface area (TPSA) is 91.7 Å². The molecule has 1 N–H and O–H groups in total. The van der Waals surface area contributed by atoms with Crippen molar-refractivity contribution in [3.8, 4) is 0 Å². The highest BCUT2D eigenvalue weighted by Gasteiger charge is 2.32. The van der Waals surface area contributed by atoms with Crippen LogP contribution in [0.5, 0.6) is 0 Å². The Labute approximate surface area is 197 Å². The second kappa shape index (κ2) is 9.56. The van der Waals surface area contributed by atoms with Crippen LogP contribution in [0.25, 0.3) is 6.08 Å². The van der Waals surface area contributed by atoms with Crippen LogP contribution in [0.3, 0.4) is 0 Å². The first-order valence-corrected chi connectivity index (χ1v) is 11.1. The van der Waals surface area contributed by atoms with Gasteiger partial charge in [0.1, 0.15) is 5.70 Å². The maximum atomic E-state index is 13.2. The highest BCUT2D eigenvalue weighted by molar-refractivity contribution is 8.14. The molecule has 162 valence electrons. The fraction of sp³-hybridized carbons (Fsp3) is 0.0952. The number of anilines is 2. The molecule has 0 radical (unpaired) electrons. The summed E-state index contributed by atoms with van der Waals surface area (Å²) in [5.41, 5.74) is 1.39. The van der Waals surface area contributed by atoms with Crippen LogP contribution >= 0.6 is 35.0 Å². The molecule has 2 amide bonds. The molecular weight excluding hydrogens is 473 g/mol. The normalized spacial score (nSPS) is 14.7. The molecule has 0 atom stereocenters. The number of para-hydroxylation sites is 1. The van der Waals surface area contributed by atoms with Crippen molar-refractivity contribution in [1.82, 2.24) is 5.27 Å². The average molecular weight is 489 g/mol. The predicted octanol–water partition coefficient (Wildman–Crippen LogP) is 3.92. The van der Waals surface area contributed by atoms with Crippen LogP contribution in [-0.2, 0) is 16.6 Å². The molecule has 1 aliphatic heterocycles. The molecule has 1 aliphatic rings. The first kappa shape index (κ1) is 22.1. The van der Waals surface area contributed by atoms with Gasteiger partial charge >= 0.3 is 5.88 Å². The Bertz CT molecular complexity index is 1240. The second-order valence-corrected chi connectivity index (χ2v) is 8.35. The van der Waals surface area contributed by atoms with E-state index in [2.05, 4.69) is 15.6 Å². The number of halogens is 2. The van der Waals surface area contributed by atoms with Crippen molar-refractivity contribution < 1.29 is 18.8 Å². The number of amidine groups is 1. The summed E-state index contributed by atoms with van der Waals surface area (Å²) in [5, 5.41) is 7.32. The van der Waals surface area contributed by atoms with Crippen LogP contribution in [-0.4, -0.2) is 28.0 Å². The van der Waals surface area contributed by atoms with Crippen molar-refractivity contribution in [3.05, 3.63) is 76.0 Å². The van der Waals surface area contributed by atoms with E-state index in [0.717, 1.165) is 11.8 Å². The number of nitrogens with one attached hydrogen (secondary N) is 1. The Hall–Kier alpha value is -3.14. The molecule has 0 saturated heterocycles. The number of aromatic nitrogens is 2. The fourth-order valence-corrected chi connectivity index (χ4v) is 4.04. The van der Waals surface area contributed by atoms with Crippen molar-refractivity contribution in [2.75, 3.05) is 16.0 Å². The zero-order valence-corrected chi connectivity index (χ0v) is 19.0. The maximum absolute atomic E-state index is 13.2. The van der Waals surface area contributed by atoms with Crippen LogP contribution in [0.1, 0.15) is 5.56 Å². The van der Waals surface area contributed by atoms with E-state index < -0.39 is 0 Å². The van der Waals surface area contributed by atoms with Gasteiger partial charge in [0.2, 0.25) is 5.91 Å². The summed E-state index contributed by atoms with van der Waals surface area (Å²) in [6.07, 6.45) is 3.11. The molecule has 2 heterocycles. The molecule has 0 saturated carbocycles. The number of aliphatic imine (C=N–C) groups is 1. The second-order valence-electron chi connectivity index (χ2n) is 6.62. The molecule has 0 bridgehead atoms. The van der Waals surface area contributed by atoms with Crippen molar-refractivity contribution >= 4 is 69.6 Å². The summed E-state index contributed by atoms with van der Waals surface area (Å²) in [7, 11) is 1.67. The average Bonchev–Trinajstić information content (AvgIpc) is 3.33. The van der Waals surface area contributed by atoms with Crippen molar-refractivity contribution in [2.24, 2.45) is 12.0 Å². The summed E-state index contributed by atoms with van der Waals surface area (Å²) in [4.78, 5) is 31.4. The third kappa shape index (κ3) is 4.85. The zero-order valence-electron chi connectivity index (χ0n) is 16.7. The molecule has 4 rings (SSSR count). The Morgan fingerprint density at radius 3 is 2.72 bits per heavy atom. The van der Waals surface area contributed by atoms with Crippen molar-refractivity contribution in [2.45, 2.75) is 0 Å². The minimum absolute atomic E-state index is 0.00502. The van der Waals surface area contributed by atoms with E-state index in [1.807, 2.05) is 18.2 Å². The first-order valence-electron chi connectivity index (χ1n) is 9.31. The van der Waals surface area contributed by atoms with Gasteiger partial charge in [0.25, 0.3) is 12.1 Å². The number of thioether (sulfide) groups is 1. The summed E-state index contributed by atoms with van der Waals surface area (Å²) in [5.74, 6) is -0.438. The minimum Gasteiger partial charge on any atom is -0.288 e. The van der Waals surface area contributed by atoms with Crippen molar-refractivity contribution in [3.63, 3.8) is 0 Å². The number of carbonyl (C=O) groups is 2. The van der Waals surface area contributed by atoms with E-state index in [1.54, 1.807) is 43.5 Å². The van der Waals surface area contributed by atoms with E-state index in [9.17, 15) is 9.59 Å². The number of amides is 2. The van der Waals surface area contributed by atoms with Gasteiger partial charge in [-0.2, -0.15) is 0 Å². The number of hydrogen-bond donors (Lipinski definition) is 1. The molecule has 11 heteroatoms. The van der Waals surface area contributed by atoms with Gasteiger partial charge in [0.15, 0.2) is 17.5 Å². The van der Waals surface area contributed by atoms with Gasteiger partial charge in [-0.05, 0) is 29.8 Å².